The zero-order valence-electron chi connectivity index (χ0n) is 14.2. The molecule has 0 unspecified atom stereocenters. The first-order chi connectivity index (χ1) is 11.4. The Hall–Kier alpha value is -2.17. The molecule has 0 spiro atoms. The fourth-order valence-electron chi connectivity index (χ4n) is 0.577. The molecule has 142 valence electrons. The maximum absolute atomic E-state index is 9.60. The van der Waals surface area contributed by atoms with E-state index in [1.165, 1.54) is 27.7 Å². The molecule has 0 aliphatic carbocycles. The van der Waals surface area contributed by atoms with Crippen LogP contribution in [0.15, 0.2) is 51.2 Å². The van der Waals surface area contributed by atoms with Gasteiger partial charge in [-0.1, -0.05) is 6.07 Å². The molecule has 1 aromatic rings. The number of rotatable bonds is 2. The summed E-state index contributed by atoms with van der Waals surface area (Å²) in [6.45, 7) is 5.74. The summed E-state index contributed by atoms with van der Waals surface area (Å²) >= 11 is 4.39. The normalized spacial score (nSPS) is 11.3. The topological polar surface area (TPSA) is 155 Å². The summed E-state index contributed by atoms with van der Waals surface area (Å²) < 4.78 is 0. The van der Waals surface area contributed by atoms with Crippen molar-refractivity contribution in [3.8, 4) is 0 Å². The molecule has 0 aromatic carbocycles. The Labute approximate surface area is 162 Å². The van der Waals surface area contributed by atoms with Crippen molar-refractivity contribution in [1.82, 2.24) is 4.98 Å². The van der Waals surface area contributed by atoms with Crippen molar-refractivity contribution in [1.29, 1.82) is 0 Å². The van der Waals surface area contributed by atoms with E-state index in [0.717, 1.165) is 0 Å². The van der Waals surface area contributed by atoms with Gasteiger partial charge in [-0.3, -0.25) is 11.4 Å². The van der Waals surface area contributed by atoms with Crippen molar-refractivity contribution in [2.75, 3.05) is 0 Å². The van der Waals surface area contributed by atoms with E-state index in [9.17, 15) is 20.8 Å². The zero-order valence-corrected chi connectivity index (χ0v) is 16.0. The second kappa shape index (κ2) is 24.1. The number of hydrogen-bond acceptors (Lipinski definition) is 9. The van der Waals surface area contributed by atoms with Gasteiger partial charge in [-0.15, -0.1) is 0 Å². The Bertz CT molecular complexity index is 435. The monoisotopic (exact) mass is 415 g/mol. The predicted octanol–water partition coefficient (Wildman–Crippen LogP) is 3.90. The van der Waals surface area contributed by atoms with Gasteiger partial charge >= 0.3 is 16.8 Å². The van der Waals surface area contributed by atoms with Crippen molar-refractivity contribution >= 4 is 34.4 Å². The summed E-state index contributed by atoms with van der Waals surface area (Å²) in [7, 11) is 0. The molecular weight excluding hydrogens is 397 g/mol. The van der Waals surface area contributed by atoms with E-state index in [2.05, 4.69) is 43.6 Å². The van der Waals surface area contributed by atoms with Gasteiger partial charge in [0, 0.05) is 35.2 Å². The van der Waals surface area contributed by atoms with E-state index in [1.54, 1.807) is 12.4 Å². The molecule has 0 saturated heterocycles. The Morgan fingerprint density at radius 1 is 0.680 bits per heavy atom. The smallest absolute Gasteiger partial charge is 0.792 e. The molecule has 1 rings (SSSR count). The molecule has 0 saturated carbocycles. The van der Waals surface area contributed by atoms with Crippen LogP contribution in [0.2, 0.25) is 0 Å². The van der Waals surface area contributed by atoms with Gasteiger partial charge in [0.05, 0.1) is 0 Å². The minimum Gasteiger partial charge on any atom is -0.792 e. The summed E-state index contributed by atoms with van der Waals surface area (Å²) in [5, 5.41) is 48.4. The van der Waals surface area contributed by atoms with Crippen LogP contribution < -0.4 is 0 Å². The minimum absolute atomic E-state index is 0. The summed E-state index contributed by atoms with van der Waals surface area (Å²) in [6, 6.07) is 5.72. The third-order valence-electron chi connectivity index (χ3n) is 2.16. The first-order valence-electron chi connectivity index (χ1n) is 6.24. The van der Waals surface area contributed by atoms with Crippen molar-refractivity contribution < 1.29 is 16.8 Å². The van der Waals surface area contributed by atoms with Crippen molar-refractivity contribution in [3.05, 3.63) is 57.8 Å². The molecule has 0 aliphatic rings. The fraction of sp³-hybridized carbons (Fsp3) is 0.286. The van der Waals surface area contributed by atoms with E-state index >= 15 is 0 Å². The van der Waals surface area contributed by atoms with Crippen LogP contribution in [0.5, 0.6) is 0 Å². The molecule has 0 atom stereocenters. The minimum atomic E-state index is 0. The third kappa shape index (κ3) is 21.8. The van der Waals surface area contributed by atoms with E-state index in [1.807, 2.05) is 18.2 Å². The van der Waals surface area contributed by atoms with Gasteiger partial charge in [-0.05, 0) is 39.8 Å². The maximum atomic E-state index is 9.60. The third-order valence-corrected chi connectivity index (χ3v) is 2.16. The Kier molecular flexibility index (Phi) is 29.6. The quantitative estimate of drug-likeness (QED) is 0.406. The summed E-state index contributed by atoms with van der Waals surface area (Å²) in [5.74, 6) is 0. The molecule has 0 aliphatic heterocycles. The van der Waals surface area contributed by atoms with Gasteiger partial charge in [0.25, 0.3) is 0 Å². The molecule has 1 aromatic heterocycles. The van der Waals surface area contributed by atoms with Crippen LogP contribution in [-0.2, 0) is 16.8 Å². The second-order valence-corrected chi connectivity index (χ2v) is 3.73. The van der Waals surface area contributed by atoms with E-state index in [-0.39, 0.29) is 39.6 Å². The Balaban J connectivity index is -0.000000124. The van der Waals surface area contributed by atoms with Crippen LogP contribution in [0.4, 0.5) is 0 Å². The molecular formula is C14H19ClCoN5O4-2. The van der Waals surface area contributed by atoms with Crippen LogP contribution >= 0.6 is 11.6 Å². The van der Waals surface area contributed by atoms with Crippen LogP contribution in [0.25, 0.3) is 0 Å². The molecule has 9 nitrogen and oxygen atoms in total. The first kappa shape index (κ1) is 30.7. The van der Waals surface area contributed by atoms with Gasteiger partial charge in [-0.25, -0.2) is 0 Å². The van der Waals surface area contributed by atoms with E-state index < -0.39 is 0 Å². The van der Waals surface area contributed by atoms with Gasteiger partial charge in [0.1, 0.15) is 0 Å². The zero-order chi connectivity index (χ0) is 19.4. The number of aromatic nitrogens is 1. The van der Waals surface area contributed by atoms with Crippen molar-refractivity contribution in [2.24, 2.45) is 20.6 Å². The number of halogens is 1. The van der Waals surface area contributed by atoms with Crippen molar-refractivity contribution in [2.45, 2.75) is 27.7 Å². The average molecular weight is 416 g/mol. The number of pyridine rings is 1. The standard InChI is InChI=1S/C5H5N.2C4H8N2O2.CH2Cl.Co/c1-2-4-6-5-3-1;2*1-3(5-7)4(2)6-8;1-2;/h1-5H;2*7-8H,1-2H3;1H2;/q;;;-1;+3/p-4. The molecule has 0 amide bonds. The van der Waals surface area contributed by atoms with Gasteiger partial charge in [0.2, 0.25) is 0 Å². The summed E-state index contributed by atoms with van der Waals surface area (Å²) in [5.41, 5.74) is 0.556. The van der Waals surface area contributed by atoms with Crippen LogP contribution in [0.1, 0.15) is 27.7 Å². The van der Waals surface area contributed by atoms with Crippen LogP contribution in [0, 0.1) is 27.2 Å². The molecule has 25 heavy (non-hydrogen) atoms. The fourth-order valence-corrected chi connectivity index (χ4v) is 0.577. The molecule has 1 heterocycles. The SMILES string of the molecule is CC(=N[O-])C(C)=N[O-].CC(=N[O-])C(C)=N[O-].[CH2-]Cl.[Co+3].c1ccncc1. The van der Waals surface area contributed by atoms with Crippen molar-refractivity contribution in [3.63, 3.8) is 0 Å². The Morgan fingerprint density at radius 2 is 0.920 bits per heavy atom. The number of hydrogen-bond donors (Lipinski definition) is 0. The first-order valence-corrected chi connectivity index (χ1v) is 6.78. The number of nitrogens with zero attached hydrogens (tertiary/aromatic N) is 5. The van der Waals surface area contributed by atoms with Gasteiger partial charge < -0.3 is 53.1 Å². The van der Waals surface area contributed by atoms with E-state index in [4.69, 9.17) is 0 Å². The summed E-state index contributed by atoms with van der Waals surface area (Å²) in [6.07, 6.45) is 6.22. The predicted molar refractivity (Wildman–Crippen MR) is 101 cm³/mol. The molecule has 0 radical (unpaired) electrons. The maximum Gasteiger partial charge on any atom is 3.00 e. The largest absolute Gasteiger partial charge is 3.00 e. The van der Waals surface area contributed by atoms with Crippen LogP contribution in [0.3, 0.4) is 0 Å². The molecule has 0 N–H and O–H groups in total. The van der Waals surface area contributed by atoms with E-state index in [0.29, 0.717) is 0 Å². The Morgan fingerprint density at radius 3 is 1.00 bits per heavy atom. The van der Waals surface area contributed by atoms with Gasteiger partial charge in [0.15, 0.2) is 0 Å². The molecule has 0 fully saturated rings. The molecule has 0 bridgehead atoms. The second-order valence-electron chi connectivity index (χ2n) is 3.73. The van der Waals surface area contributed by atoms with Gasteiger partial charge in [-0.2, -0.15) is 0 Å². The molecule has 11 heteroatoms. The summed E-state index contributed by atoms with van der Waals surface area (Å²) in [4.78, 5) is 3.78. The van der Waals surface area contributed by atoms with Crippen LogP contribution in [-0.4, -0.2) is 27.8 Å². The average Bonchev–Trinajstić information content (AvgIpc) is 2.69.